The second kappa shape index (κ2) is 10.1. The maximum Gasteiger partial charge on any atom is 0.228 e. The molecule has 0 N–H and O–H groups in total. The van der Waals surface area contributed by atoms with Gasteiger partial charge in [0.05, 0.1) is 30.7 Å². The molecule has 180 valence electrons. The number of hydrogen-bond donors (Lipinski definition) is 0. The number of carbonyl (C=O) groups excluding carboxylic acids is 1. The van der Waals surface area contributed by atoms with Crippen LogP contribution >= 0.6 is 0 Å². The minimum atomic E-state index is -3.69. The number of hydrogen-bond acceptors (Lipinski definition) is 4. The Morgan fingerprint density at radius 2 is 1.74 bits per heavy atom. The molecule has 0 saturated heterocycles. The van der Waals surface area contributed by atoms with E-state index in [0.29, 0.717) is 19.5 Å². The van der Waals surface area contributed by atoms with Crippen molar-refractivity contribution in [1.29, 1.82) is 0 Å². The Morgan fingerprint density at radius 3 is 2.35 bits per heavy atom. The molecule has 1 fully saturated rings. The van der Waals surface area contributed by atoms with Crippen molar-refractivity contribution < 1.29 is 13.2 Å². The van der Waals surface area contributed by atoms with Crippen LogP contribution in [0.4, 0.5) is 0 Å². The minimum Gasteiger partial charge on any atom is -0.334 e. The van der Waals surface area contributed by atoms with Gasteiger partial charge in [0.1, 0.15) is 0 Å². The van der Waals surface area contributed by atoms with E-state index in [0.717, 1.165) is 35.2 Å². The number of aromatic nitrogens is 2. The Labute approximate surface area is 202 Å². The Kier molecular flexibility index (Phi) is 7.22. The van der Waals surface area contributed by atoms with Gasteiger partial charge in [0.25, 0.3) is 0 Å². The monoisotopic (exact) mass is 479 g/mol. The summed E-state index contributed by atoms with van der Waals surface area (Å²) in [4.78, 5) is 19.3. The molecule has 1 aliphatic rings. The largest absolute Gasteiger partial charge is 0.334 e. The lowest BCUT2D eigenvalue weighted by atomic mass is 10.1. The molecular formula is C27H33N3O3S. The molecule has 1 amide bonds. The number of rotatable bonds is 10. The Balaban J connectivity index is 1.68. The van der Waals surface area contributed by atoms with Crippen LogP contribution in [0.1, 0.15) is 55.5 Å². The molecule has 3 aromatic rings. The summed E-state index contributed by atoms with van der Waals surface area (Å²) in [5.74, 6) is 0.277. The van der Waals surface area contributed by atoms with Crippen LogP contribution in [-0.2, 0) is 33.5 Å². The van der Waals surface area contributed by atoms with E-state index in [1.807, 2.05) is 80.3 Å². The normalized spacial score (nSPS) is 13.9. The number of carbonyl (C=O) groups is 1. The standard InChI is InChI=1S/C27H33N3O3S/c1-20(2)15-26(31)29(24-13-14-24)18-25-16-28-27(30(25)17-22-7-5-4-6-8-22)34(32,33)19-23-11-9-21(3)10-12-23/h4-12,16,20,24H,13-15,17-19H2,1-3H3. The molecule has 4 rings (SSSR count). The smallest absolute Gasteiger partial charge is 0.228 e. The molecule has 0 spiro atoms. The predicted octanol–water partition coefficient (Wildman–Crippen LogP) is 4.75. The molecule has 0 unspecified atom stereocenters. The zero-order valence-electron chi connectivity index (χ0n) is 20.1. The highest BCUT2D eigenvalue weighted by Crippen LogP contribution is 2.30. The van der Waals surface area contributed by atoms with Crippen molar-refractivity contribution in [3.05, 3.63) is 83.2 Å². The molecule has 1 heterocycles. The fraction of sp³-hybridized carbons (Fsp3) is 0.407. The van der Waals surface area contributed by atoms with E-state index in [9.17, 15) is 13.2 Å². The maximum absolute atomic E-state index is 13.5. The molecule has 2 aromatic carbocycles. The summed E-state index contributed by atoms with van der Waals surface area (Å²) >= 11 is 0. The predicted molar refractivity (Wildman–Crippen MR) is 133 cm³/mol. The van der Waals surface area contributed by atoms with Crippen molar-refractivity contribution in [1.82, 2.24) is 14.5 Å². The first-order chi connectivity index (χ1) is 16.2. The number of amides is 1. The first-order valence-corrected chi connectivity index (χ1v) is 13.5. The third-order valence-electron chi connectivity index (χ3n) is 6.06. The molecule has 0 radical (unpaired) electrons. The van der Waals surface area contributed by atoms with Gasteiger partial charge in [0, 0.05) is 12.5 Å². The molecule has 1 aliphatic carbocycles. The highest BCUT2D eigenvalue weighted by molar-refractivity contribution is 7.90. The van der Waals surface area contributed by atoms with Crippen LogP contribution in [0.5, 0.6) is 0 Å². The minimum absolute atomic E-state index is 0.0546. The van der Waals surface area contributed by atoms with Gasteiger partial charge in [0.2, 0.25) is 20.9 Å². The van der Waals surface area contributed by atoms with E-state index in [1.54, 1.807) is 10.8 Å². The van der Waals surface area contributed by atoms with Crippen LogP contribution in [-0.4, -0.2) is 34.8 Å². The first kappa shape index (κ1) is 24.2. The van der Waals surface area contributed by atoms with Gasteiger partial charge in [-0.25, -0.2) is 13.4 Å². The summed E-state index contributed by atoms with van der Waals surface area (Å²) in [6.07, 6.45) is 4.11. The van der Waals surface area contributed by atoms with Gasteiger partial charge in [-0.3, -0.25) is 4.79 Å². The van der Waals surface area contributed by atoms with Gasteiger partial charge in [-0.15, -0.1) is 0 Å². The molecule has 0 aliphatic heterocycles. The molecule has 1 saturated carbocycles. The maximum atomic E-state index is 13.5. The van der Waals surface area contributed by atoms with Gasteiger partial charge >= 0.3 is 0 Å². The summed E-state index contributed by atoms with van der Waals surface area (Å²) in [5.41, 5.74) is 3.55. The highest BCUT2D eigenvalue weighted by atomic mass is 32.2. The van der Waals surface area contributed by atoms with E-state index in [4.69, 9.17) is 0 Å². The van der Waals surface area contributed by atoms with Gasteiger partial charge < -0.3 is 9.47 Å². The number of aryl methyl sites for hydroxylation is 1. The third kappa shape index (κ3) is 5.95. The molecule has 1 aromatic heterocycles. The Hall–Kier alpha value is -2.93. The first-order valence-electron chi connectivity index (χ1n) is 11.9. The summed E-state index contributed by atoms with van der Waals surface area (Å²) < 4.78 is 28.7. The lowest BCUT2D eigenvalue weighted by Crippen LogP contribution is -2.34. The number of sulfone groups is 1. The van der Waals surface area contributed by atoms with E-state index < -0.39 is 9.84 Å². The highest BCUT2D eigenvalue weighted by Gasteiger charge is 2.34. The van der Waals surface area contributed by atoms with Gasteiger partial charge in [-0.05, 0) is 36.8 Å². The number of imidazole rings is 1. The zero-order chi connectivity index (χ0) is 24.3. The quantitative estimate of drug-likeness (QED) is 0.421. The Bertz CT molecular complexity index is 1230. The molecule has 0 atom stereocenters. The molecular weight excluding hydrogens is 446 g/mol. The van der Waals surface area contributed by atoms with Crippen molar-refractivity contribution in [3.63, 3.8) is 0 Å². The SMILES string of the molecule is Cc1ccc(CS(=O)(=O)c2ncc(CN(C(=O)CC(C)C)C3CC3)n2Cc2ccccc2)cc1. The van der Waals surface area contributed by atoms with Crippen molar-refractivity contribution in [2.75, 3.05) is 0 Å². The summed E-state index contributed by atoms with van der Waals surface area (Å²) in [7, 11) is -3.69. The average molecular weight is 480 g/mol. The van der Waals surface area contributed by atoms with Gasteiger partial charge in [-0.2, -0.15) is 0 Å². The number of nitrogens with zero attached hydrogens (tertiary/aromatic N) is 3. The Morgan fingerprint density at radius 1 is 1.06 bits per heavy atom. The van der Waals surface area contributed by atoms with Crippen molar-refractivity contribution in [2.24, 2.45) is 5.92 Å². The van der Waals surface area contributed by atoms with Crippen molar-refractivity contribution >= 4 is 15.7 Å². The fourth-order valence-corrected chi connectivity index (χ4v) is 5.61. The van der Waals surface area contributed by atoms with Crippen molar-refractivity contribution in [2.45, 2.75) is 70.1 Å². The topological polar surface area (TPSA) is 72.3 Å². The van der Waals surface area contributed by atoms with E-state index in [1.165, 1.54) is 0 Å². The second-order valence-corrected chi connectivity index (χ2v) is 11.6. The van der Waals surface area contributed by atoms with Crippen LogP contribution < -0.4 is 0 Å². The van der Waals surface area contributed by atoms with E-state index in [-0.39, 0.29) is 28.8 Å². The van der Waals surface area contributed by atoms with Crippen molar-refractivity contribution in [3.8, 4) is 0 Å². The van der Waals surface area contributed by atoms with Crippen LogP contribution in [0.15, 0.2) is 66.0 Å². The molecule has 6 nitrogen and oxygen atoms in total. The molecule has 7 heteroatoms. The lowest BCUT2D eigenvalue weighted by molar-refractivity contribution is -0.133. The molecule has 0 bridgehead atoms. The van der Waals surface area contributed by atoms with Crippen LogP contribution in [0.2, 0.25) is 0 Å². The fourth-order valence-electron chi connectivity index (χ4n) is 4.12. The lowest BCUT2D eigenvalue weighted by Gasteiger charge is -2.24. The van der Waals surface area contributed by atoms with E-state index >= 15 is 0 Å². The van der Waals surface area contributed by atoms with Gasteiger partial charge in [0.15, 0.2) is 0 Å². The van der Waals surface area contributed by atoms with Crippen LogP contribution in [0.25, 0.3) is 0 Å². The second-order valence-electron chi connectivity index (χ2n) is 9.70. The number of benzene rings is 2. The summed E-state index contributed by atoms with van der Waals surface area (Å²) in [6, 6.07) is 17.5. The van der Waals surface area contributed by atoms with Gasteiger partial charge in [-0.1, -0.05) is 74.0 Å². The van der Waals surface area contributed by atoms with Crippen LogP contribution in [0.3, 0.4) is 0 Å². The van der Waals surface area contributed by atoms with Crippen LogP contribution in [0, 0.1) is 12.8 Å². The van der Waals surface area contributed by atoms with E-state index in [2.05, 4.69) is 4.98 Å². The zero-order valence-corrected chi connectivity index (χ0v) is 21.0. The third-order valence-corrected chi connectivity index (χ3v) is 7.66. The molecule has 34 heavy (non-hydrogen) atoms. The average Bonchev–Trinajstić information content (AvgIpc) is 3.54. The summed E-state index contributed by atoms with van der Waals surface area (Å²) in [5, 5.41) is 0.0546. The summed E-state index contributed by atoms with van der Waals surface area (Å²) in [6.45, 7) is 6.81.